The van der Waals surface area contributed by atoms with Gasteiger partial charge >= 0.3 is 5.97 Å². The Hall–Kier alpha value is -1.07. The first-order chi connectivity index (χ1) is 8.61. The van der Waals surface area contributed by atoms with Crippen molar-refractivity contribution in [2.75, 3.05) is 0 Å². The zero-order chi connectivity index (χ0) is 13.1. The number of carboxylic acids is 1. The highest BCUT2D eigenvalue weighted by atomic mass is 32.1. The van der Waals surface area contributed by atoms with Crippen LogP contribution in [0.4, 0.5) is 0 Å². The molecule has 0 amide bonds. The van der Waals surface area contributed by atoms with E-state index < -0.39 is 12.1 Å². The molecule has 2 rings (SSSR count). The number of hydrogen-bond donors (Lipinski definition) is 2. The van der Waals surface area contributed by atoms with Crippen LogP contribution in [0, 0.1) is 0 Å². The predicted octanol–water partition coefficient (Wildman–Crippen LogP) is 2.69. The van der Waals surface area contributed by atoms with E-state index in [2.05, 4.69) is 6.92 Å². The van der Waals surface area contributed by atoms with E-state index in [1.54, 1.807) is 0 Å². The van der Waals surface area contributed by atoms with Crippen molar-refractivity contribution in [2.45, 2.75) is 51.2 Å². The van der Waals surface area contributed by atoms with Crippen molar-refractivity contribution < 1.29 is 19.7 Å². The van der Waals surface area contributed by atoms with Gasteiger partial charge in [0.15, 0.2) is 4.88 Å². The van der Waals surface area contributed by atoms with E-state index in [9.17, 15) is 9.90 Å². The van der Waals surface area contributed by atoms with Gasteiger partial charge in [-0.05, 0) is 31.7 Å². The number of carboxylic acid groups (broad SMARTS) is 1. The van der Waals surface area contributed by atoms with Gasteiger partial charge in [-0.1, -0.05) is 13.3 Å². The van der Waals surface area contributed by atoms with Gasteiger partial charge in [0.2, 0.25) is 0 Å². The lowest BCUT2D eigenvalue weighted by Crippen LogP contribution is -2.26. The van der Waals surface area contributed by atoms with Gasteiger partial charge < -0.3 is 14.9 Å². The molecule has 0 aromatic carbocycles. The lowest BCUT2D eigenvalue weighted by atomic mass is 10.2. The third-order valence-electron chi connectivity index (χ3n) is 3.14. The van der Waals surface area contributed by atoms with Gasteiger partial charge in [0.25, 0.3) is 0 Å². The second-order valence-electron chi connectivity index (χ2n) is 4.62. The van der Waals surface area contributed by atoms with Gasteiger partial charge in [-0.15, -0.1) is 11.3 Å². The molecule has 0 spiro atoms. The SMILES string of the molecule is CCCc1cc(OC2CCCC2O)c(C(=O)O)s1. The molecule has 2 N–H and O–H groups in total. The number of aromatic carboxylic acids is 1. The van der Waals surface area contributed by atoms with Crippen molar-refractivity contribution in [3.05, 3.63) is 15.8 Å². The number of aliphatic hydroxyl groups excluding tert-OH is 1. The summed E-state index contributed by atoms with van der Waals surface area (Å²) in [6.07, 6.45) is 3.57. The summed E-state index contributed by atoms with van der Waals surface area (Å²) in [6.45, 7) is 2.06. The topological polar surface area (TPSA) is 66.8 Å². The molecule has 2 unspecified atom stereocenters. The summed E-state index contributed by atoms with van der Waals surface area (Å²) >= 11 is 1.27. The highest BCUT2D eigenvalue weighted by Gasteiger charge is 2.29. The van der Waals surface area contributed by atoms with Gasteiger partial charge in [-0.3, -0.25) is 0 Å². The van der Waals surface area contributed by atoms with Crippen molar-refractivity contribution in [1.29, 1.82) is 0 Å². The molecule has 1 fully saturated rings. The number of rotatable bonds is 5. The van der Waals surface area contributed by atoms with Crippen LogP contribution in [0.15, 0.2) is 6.07 Å². The molecular weight excluding hydrogens is 252 g/mol. The fourth-order valence-electron chi connectivity index (χ4n) is 2.24. The maximum absolute atomic E-state index is 11.2. The zero-order valence-electron chi connectivity index (χ0n) is 10.4. The molecule has 1 aromatic rings. The fraction of sp³-hybridized carbons (Fsp3) is 0.615. The molecule has 1 aliphatic rings. The van der Waals surface area contributed by atoms with Crippen molar-refractivity contribution in [3.63, 3.8) is 0 Å². The second kappa shape index (κ2) is 5.71. The molecule has 1 saturated carbocycles. The largest absolute Gasteiger partial charge is 0.486 e. The molecule has 18 heavy (non-hydrogen) atoms. The molecule has 1 aromatic heterocycles. The van der Waals surface area contributed by atoms with Crippen LogP contribution in [0.2, 0.25) is 0 Å². The lowest BCUT2D eigenvalue weighted by Gasteiger charge is -2.16. The summed E-state index contributed by atoms with van der Waals surface area (Å²) in [7, 11) is 0. The molecule has 100 valence electrons. The van der Waals surface area contributed by atoms with Gasteiger partial charge in [-0.25, -0.2) is 4.79 Å². The quantitative estimate of drug-likeness (QED) is 0.863. The van der Waals surface area contributed by atoms with Gasteiger partial charge in [-0.2, -0.15) is 0 Å². The lowest BCUT2D eigenvalue weighted by molar-refractivity contribution is 0.0567. The first-order valence-corrected chi connectivity index (χ1v) is 7.14. The van der Waals surface area contributed by atoms with Gasteiger partial charge in [0, 0.05) is 4.88 Å². The molecule has 1 aliphatic carbocycles. The van der Waals surface area contributed by atoms with E-state index in [4.69, 9.17) is 9.84 Å². The molecule has 0 bridgehead atoms. The maximum Gasteiger partial charge on any atom is 0.349 e. The number of thiophene rings is 1. The number of ether oxygens (including phenoxy) is 1. The minimum Gasteiger partial charge on any atom is -0.486 e. The van der Waals surface area contributed by atoms with Crippen molar-refractivity contribution in [2.24, 2.45) is 0 Å². The van der Waals surface area contributed by atoms with Crippen molar-refractivity contribution in [3.8, 4) is 5.75 Å². The molecule has 2 atom stereocenters. The molecule has 5 heteroatoms. The van der Waals surface area contributed by atoms with Crippen LogP contribution in [0.1, 0.15) is 47.2 Å². The summed E-state index contributed by atoms with van der Waals surface area (Å²) in [6, 6.07) is 1.81. The van der Waals surface area contributed by atoms with Crippen molar-refractivity contribution >= 4 is 17.3 Å². The van der Waals surface area contributed by atoms with E-state index >= 15 is 0 Å². The van der Waals surface area contributed by atoms with E-state index in [1.165, 1.54) is 11.3 Å². The standard InChI is InChI=1S/C13H18O4S/c1-2-4-8-7-11(12(18-8)13(15)16)17-10-6-3-5-9(10)14/h7,9-10,14H,2-6H2,1H3,(H,15,16). The van der Waals surface area contributed by atoms with Crippen LogP contribution in [0.25, 0.3) is 0 Å². The highest BCUT2D eigenvalue weighted by Crippen LogP contribution is 2.33. The Balaban J connectivity index is 2.17. The summed E-state index contributed by atoms with van der Waals surface area (Å²) in [5.74, 6) is -0.535. The average Bonchev–Trinajstić information content (AvgIpc) is 2.88. The molecule has 0 aliphatic heterocycles. The average molecular weight is 270 g/mol. The number of hydrogen-bond acceptors (Lipinski definition) is 4. The Bertz CT molecular complexity index is 427. The van der Waals surface area contributed by atoms with Crippen LogP contribution in [-0.4, -0.2) is 28.4 Å². The minimum atomic E-state index is -0.954. The molecule has 4 nitrogen and oxygen atoms in total. The van der Waals surface area contributed by atoms with Gasteiger partial charge in [0.05, 0.1) is 6.10 Å². The fourth-order valence-corrected chi connectivity index (χ4v) is 3.27. The Morgan fingerprint density at radius 2 is 2.33 bits per heavy atom. The van der Waals surface area contributed by atoms with E-state index in [-0.39, 0.29) is 11.0 Å². The number of carbonyl (C=O) groups is 1. The highest BCUT2D eigenvalue weighted by molar-refractivity contribution is 7.14. The summed E-state index contributed by atoms with van der Waals surface area (Å²) < 4.78 is 5.69. The Kier molecular flexibility index (Phi) is 4.24. The minimum absolute atomic E-state index is 0.248. The summed E-state index contributed by atoms with van der Waals surface area (Å²) in [4.78, 5) is 12.4. The van der Waals surface area contributed by atoms with Crippen molar-refractivity contribution in [1.82, 2.24) is 0 Å². The van der Waals surface area contributed by atoms with E-state index in [0.29, 0.717) is 5.75 Å². The Morgan fingerprint density at radius 1 is 1.56 bits per heavy atom. The van der Waals surface area contributed by atoms with Gasteiger partial charge in [0.1, 0.15) is 11.9 Å². The molecule has 0 radical (unpaired) electrons. The first-order valence-electron chi connectivity index (χ1n) is 6.32. The normalized spacial score (nSPS) is 23.2. The predicted molar refractivity (Wildman–Crippen MR) is 69.5 cm³/mol. The van der Waals surface area contributed by atoms with E-state index in [1.807, 2.05) is 6.07 Å². The number of aryl methyl sites for hydroxylation is 1. The summed E-state index contributed by atoms with van der Waals surface area (Å²) in [5, 5.41) is 18.9. The number of aliphatic hydroxyl groups is 1. The smallest absolute Gasteiger partial charge is 0.349 e. The summed E-state index contributed by atoms with van der Waals surface area (Å²) in [5.41, 5.74) is 0. The molecular formula is C13H18O4S. The Labute approximate surface area is 110 Å². The third-order valence-corrected chi connectivity index (χ3v) is 4.30. The third kappa shape index (κ3) is 2.84. The van der Waals surface area contributed by atoms with Crippen LogP contribution in [-0.2, 0) is 6.42 Å². The first kappa shape index (κ1) is 13.4. The van der Waals surface area contributed by atoms with E-state index in [0.717, 1.165) is 37.0 Å². The zero-order valence-corrected chi connectivity index (χ0v) is 11.2. The molecule has 0 saturated heterocycles. The Morgan fingerprint density at radius 3 is 2.89 bits per heavy atom. The van der Waals surface area contributed by atoms with Crippen LogP contribution in [0.3, 0.4) is 0 Å². The maximum atomic E-state index is 11.2. The second-order valence-corrected chi connectivity index (χ2v) is 5.75. The monoisotopic (exact) mass is 270 g/mol. The molecule has 1 heterocycles. The van der Waals surface area contributed by atoms with Crippen LogP contribution in [0.5, 0.6) is 5.75 Å². The van der Waals surface area contributed by atoms with Crippen LogP contribution >= 0.6 is 11.3 Å². The van der Waals surface area contributed by atoms with Crippen LogP contribution < -0.4 is 4.74 Å².